The molecule has 3 aromatic carbocycles. The molecule has 0 saturated carbocycles. The molecule has 0 aliphatic rings. The summed E-state index contributed by atoms with van der Waals surface area (Å²) in [6.45, 7) is 3.37. The Hall–Kier alpha value is -4.33. The second-order valence-corrected chi connectivity index (χ2v) is 6.61. The monoisotopic (exact) mass is 436 g/mol. The first-order valence-corrected chi connectivity index (χ1v) is 9.35. The van der Waals surface area contributed by atoms with Crippen molar-refractivity contribution in [2.45, 2.75) is 0 Å². The van der Waals surface area contributed by atoms with Gasteiger partial charge in [-0.15, -0.1) is 0 Å². The highest BCUT2D eigenvalue weighted by Crippen LogP contribution is 2.25. The molecule has 2 N–H and O–H groups in total. The van der Waals surface area contributed by atoms with Crippen LogP contribution in [-0.2, 0) is 9.53 Å². The van der Waals surface area contributed by atoms with Crippen molar-refractivity contribution >= 4 is 34.7 Å². The molecule has 32 heavy (non-hydrogen) atoms. The molecule has 3 rings (SSSR count). The number of ketones is 1. The van der Waals surface area contributed by atoms with Gasteiger partial charge in [-0.3, -0.25) is 9.59 Å². The molecule has 0 fully saturated rings. The van der Waals surface area contributed by atoms with Crippen LogP contribution in [0.5, 0.6) is 0 Å². The van der Waals surface area contributed by atoms with E-state index in [1.165, 1.54) is 43.5 Å². The number of halogens is 2. The first-order chi connectivity index (χ1) is 15.3. The number of methoxy groups -OCH3 is 1. The summed E-state index contributed by atoms with van der Waals surface area (Å²) in [6.07, 6.45) is 1.13. The first-order valence-electron chi connectivity index (χ1n) is 9.35. The van der Waals surface area contributed by atoms with Crippen molar-refractivity contribution in [3.63, 3.8) is 0 Å². The lowest BCUT2D eigenvalue weighted by atomic mass is 10.00. The highest BCUT2D eigenvalue weighted by Gasteiger charge is 2.18. The van der Waals surface area contributed by atoms with Gasteiger partial charge in [0.2, 0.25) is 5.91 Å². The van der Waals surface area contributed by atoms with Crippen LogP contribution in [0.4, 0.5) is 25.8 Å². The summed E-state index contributed by atoms with van der Waals surface area (Å²) in [4.78, 5) is 36.5. The summed E-state index contributed by atoms with van der Waals surface area (Å²) in [5, 5.41) is 5.41. The van der Waals surface area contributed by atoms with Crippen LogP contribution in [0, 0.1) is 11.6 Å². The second-order valence-electron chi connectivity index (χ2n) is 6.61. The molecule has 0 atom stereocenters. The van der Waals surface area contributed by atoms with E-state index in [1.807, 2.05) is 0 Å². The number of hydrogen-bond donors (Lipinski definition) is 2. The molecule has 0 aliphatic carbocycles. The van der Waals surface area contributed by atoms with Gasteiger partial charge in [-0.2, -0.15) is 0 Å². The average Bonchev–Trinajstić information content (AvgIpc) is 2.81. The Labute approximate surface area is 182 Å². The number of hydrogen-bond acceptors (Lipinski definition) is 5. The summed E-state index contributed by atoms with van der Waals surface area (Å²) in [5.74, 6) is -3.51. The molecule has 1 amide bonds. The van der Waals surface area contributed by atoms with Crippen LogP contribution in [0.2, 0.25) is 0 Å². The molecular formula is C24H18F2N2O4. The zero-order valence-corrected chi connectivity index (χ0v) is 16.9. The van der Waals surface area contributed by atoms with Crippen molar-refractivity contribution in [1.29, 1.82) is 0 Å². The van der Waals surface area contributed by atoms with Crippen LogP contribution in [0.3, 0.4) is 0 Å². The van der Waals surface area contributed by atoms with Gasteiger partial charge in [-0.1, -0.05) is 6.58 Å². The summed E-state index contributed by atoms with van der Waals surface area (Å²) in [6, 6.07) is 13.7. The third kappa shape index (κ3) is 5.04. The van der Waals surface area contributed by atoms with E-state index in [4.69, 9.17) is 4.74 Å². The Morgan fingerprint density at radius 3 is 2.16 bits per heavy atom. The summed E-state index contributed by atoms with van der Waals surface area (Å²) < 4.78 is 31.5. The van der Waals surface area contributed by atoms with Crippen LogP contribution < -0.4 is 10.6 Å². The fraction of sp³-hybridized carbons (Fsp3) is 0.0417. The van der Waals surface area contributed by atoms with E-state index in [0.29, 0.717) is 11.3 Å². The number of ether oxygens (including phenoxy) is 1. The van der Waals surface area contributed by atoms with Crippen molar-refractivity contribution in [3.05, 3.63) is 102 Å². The Morgan fingerprint density at radius 1 is 0.875 bits per heavy atom. The normalized spacial score (nSPS) is 10.2. The lowest BCUT2D eigenvalue weighted by molar-refractivity contribution is -0.111. The maximum Gasteiger partial charge on any atom is 0.339 e. The van der Waals surface area contributed by atoms with Gasteiger partial charge in [0.25, 0.3) is 0 Å². The minimum atomic E-state index is -1.05. The topological polar surface area (TPSA) is 84.5 Å². The van der Waals surface area contributed by atoms with E-state index in [-0.39, 0.29) is 34.2 Å². The molecule has 0 heterocycles. The number of esters is 1. The average molecular weight is 436 g/mol. The molecule has 0 aliphatic heterocycles. The van der Waals surface area contributed by atoms with Crippen LogP contribution in [-0.4, -0.2) is 24.8 Å². The highest BCUT2D eigenvalue weighted by atomic mass is 19.2. The summed E-state index contributed by atoms with van der Waals surface area (Å²) in [5.41, 5.74) is 1.54. The molecule has 162 valence electrons. The van der Waals surface area contributed by atoms with E-state index in [2.05, 4.69) is 17.2 Å². The van der Waals surface area contributed by atoms with E-state index in [1.54, 1.807) is 12.1 Å². The Morgan fingerprint density at radius 2 is 1.53 bits per heavy atom. The minimum absolute atomic E-state index is 0.0398. The fourth-order valence-corrected chi connectivity index (χ4v) is 2.87. The molecule has 0 unspecified atom stereocenters. The summed E-state index contributed by atoms with van der Waals surface area (Å²) in [7, 11) is 1.19. The lowest BCUT2D eigenvalue weighted by Gasteiger charge is -2.13. The highest BCUT2D eigenvalue weighted by molar-refractivity contribution is 6.11. The molecule has 3 aromatic rings. The standard InChI is InChI=1S/C24H18F2N2O4/c1-3-22(29)28-16-7-4-14(5-8-16)23(30)15-6-11-21(18(12-15)24(31)32-2)27-17-9-10-19(25)20(26)13-17/h3-13,27H,1H2,2H3,(H,28,29). The van der Waals surface area contributed by atoms with E-state index in [9.17, 15) is 23.2 Å². The van der Waals surface area contributed by atoms with Gasteiger partial charge in [-0.05, 0) is 60.7 Å². The quantitative estimate of drug-likeness (QED) is 0.314. The Balaban J connectivity index is 1.89. The lowest BCUT2D eigenvalue weighted by Crippen LogP contribution is -2.10. The number of nitrogens with one attached hydrogen (secondary N) is 2. The van der Waals surface area contributed by atoms with Crippen molar-refractivity contribution in [3.8, 4) is 0 Å². The smallest absolute Gasteiger partial charge is 0.339 e. The molecule has 0 aromatic heterocycles. The third-order valence-corrected chi connectivity index (χ3v) is 4.49. The van der Waals surface area contributed by atoms with E-state index >= 15 is 0 Å². The number of rotatable bonds is 7. The van der Waals surface area contributed by atoms with E-state index < -0.39 is 17.6 Å². The van der Waals surface area contributed by atoms with Crippen LogP contribution in [0.25, 0.3) is 0 Å². The predicted molar refractivity (Wildman–Crippen MR) is 116 cm³/mol. The number of anilines is 3. The molecule has 0 bridgehead atoms. The third-order valence-electron chi connectivity index (χ3n) is 4.49. The van der Waals surface area contributed by atoms with Crippen molar-refractivity contribution in [2.24, 2.45) is 0 Å². The summed E-state index contributed by atoms with van der Waals surface area (Å²) >= 11 is 0. The SMILES string of the molecule is C=CC(=O)Nc1ccc(C(=O)c2ccc(Nc3ccc(F)c(F)c3)c(C(=O)OC)c2)cc1. The largest absolute Gasteiger partial charge is 0.465 e. The molecule has 0 spiro atoms. The van der Waals surface area contributed by atoms with E-state index in [0.717, 1.165) is 18.2 Å². The minimum Gasteiger partial charge on any atom is -0.465 e. The molecule has 0 radical (unpaired) electrons. The van der Waals surface area contributed by atoms with Gasteiger partial charge in [0.05, 0.1) is 18.4 Å². The zero-order chi connectivity index (χ0) is 23.3. The van der Waals surface area contributed by atoms with Gasteiger partial charge in [0.15, 0.2) is 17.4 Å². The molecule has 6 nitrogen and oxygen atoms in total. The number of carbonyl (C=O) groups excluding carboxylic acids is 3. The van der Waals surface area contributed by atoms with Crippen molar-refractivity contribution in [2.75, 3.05) is 17.7 Å². The molecule has 0 saturated heterocycles. The van der Waals surface area contributed by atoms with Gasteiger partial charge in [0, 0.05) is 28.6 Å². The van der Waals surface area contributed by atoms with Gasteiger partial charge >= 0.3 is 5.97 Å². The maximum absolute atomic E-state index is 13.5. The Kier molecular flexibility index (Phi) is 6.74. The van der Waals surface area contributed by atoms with Crippen molar-refractivity contribution < 1.29 is 27.9 Å². The maximum atomic E-state index is 13.5. The number of amides is 1. The van der Waals surface area contributed by atoms with Gasteiger partial charge < -0.3 is 15.4 Å². The van der Waals surface area contributed by atoms with Gasteiger partial charge in [0.1, 0.15) is 0 Å². The zero-order valence-electron chi connectivity index (χ0n) is 16.9. The molecular weight excluding hydrogens is 418 g/mol. The molecule has 8 heteroatoms. The Bertz CT molecular complexity index is 1210. The first kappa shape index (κ1) is 22.4. The van der Waals surface area contributed by atoms with Crippen LogP contribution >= 0.6 is 0 Å². The number of benzene rings is 3. The van der Waals surface area contributed by atoms with Crippen LogP contribution in [0.15, 0.2) is 73.3 Å². The number of carbonyl (C=O) groups is 3. The van der Waals surface area contributed by atoms with Crippen molar-refractivity contribution in [1.82, 2.24) is 0 Å². The fourth-order valence-electron chi connectivity index (χ4n) is 2.87. The van der Waals surface area contributed by atoms with Gasteiger partial charge in [-0.25, -0.2) is 13.6 Å². The predicted octanol–water partition coefficient (Wildman–Crippen LogP) is 4.85. The van der Waals surface area contributed by atoms with Crippen LogP contribution in [0.1, 0.15) is 26.3 Å². The second kappa shape index (κ2) is 9.65.